The molecule has 0 saturated heterocycles. The zero-order chi connectivity index (χ0) is 17.5. The Morgan fingerprint density at radius 1 is 1.24 bits per heavy atom. The van der Waals surface area contributed by atoms with Gasteiger partial charge in [0.1, 0.15) is 12.4 Å². The number of nitrogens with one attached hydrogen (secondary N) is 2. The van der Waals surface area contributed by atoms with Crippen LogP contribution in [0.1, 0.15) is 39.4 Å². The van der Waals surface area contributed by atoms with E-state index in [0.717, 1.165) is 57.4 Å². The molecule has 0 atom stereocenters. The highest BCUT2D eigenvalue weighted by molar-refractivity contribution is 14.0. The van der Waals surface area contributed by atoms with Crippen molar-refractivity contribution in [3.05, 3.63) is 24.2 Å². The van der Waals surface area contributed by atoms with Gasteiger partial charge in [0, 0.05) is 32.8 Å². The lowest BCUT2D eigenvalue weighted by Gasteiger charge is -2.20. The summed E-state index contributed by atoms with van der Waals surface area (Å²) in [7, 11) is 0. The van der Waals surface area contributed by atoms with Crippen molar-refractivity contribution in [1.29, 1.82) is 0 Å². The number of hydrogen-bond acceptors (Lipinski definition) is 4. The normalized spacial score (nSPS) is 11.4. The molecule has 0 unspecified atom stereocenters. The van der Waals surface area contributed by atoms with Gasteiger partial charge < -0.3 is 24.7 Å². The summed E-state index contributed by atoms with van der Waals surface area (Å²) in [5.41, 5.74) is 0. The molecular formula is C18H35IN4O2. The fourth-order valence-electron chi connectivity index (χ4n) is 2.34. The van der Waals surface area contributed by atoms with E-state index in [2.05, 4.69) is 41.3 Å². The Balaban J connectivity index is 0.00000576. The molecule has 6 nitrogen and oxygen atoms in total. The first-order chi connectivity index (χ1) is 11.8. The number of hydrogen-bond donors (Lipinski definition) is 2. The van der Waals surface area contributed by atoms with Crippen molar-refractivity contribution in [2.45, 2.75) is 40.2 Å². The van der Waals surface area contributed by atoms with Crippen LogP contribution in [0.5, 0.6) is 0 Å². The van der Waals surface area contributed by atoms with Crippen LogP contribution in [0.4, 0.5) is 0 Å². The Hall–Kier alpha value is -0.800. The molecule has 0 bridgehead atoms. The van der Waals surface area contributed by atoms with Gasteiger partial charge in [-0.05, 0) is 45.0 Å². The smallest absolute Gasteiger partial charge is 0.191 e. The number of ether oxygens (including phenoxy) is 1. The minimum atomic E-state index is 0. The van der Waals surface area contributed by atoms with Crippen LogP contribution >= 0.6 is 24.0 Å². The van der Waals surface area contributed by atoms with Crippen molar-refractivity contribution in [1.82, 2.24) is 15.5 Å². The third kappa shape index (κ3) is 12.2. The Bertz CT molecular complexity index is 427. The Morgan fingerprint density at radius 3 is 2.72 bits per heavy atom. The molecule has 0 aliphatic carbocycles. The average molecular weight is 466 g/mol. The first-order valence-corrected chi connectivity index (χ1v) is 9.14. The van der Waals surface area contributed by atoms with Gasteiger partial charge >= 0.3 is 0 Å². The second-order valence-corrected chi connectivity index (χ2v) is 5.61. The molecule has 0 aliphatic heterocycles. The lowest BCUT2D eigenvalue weighted by molar-refractivity contribution is 0.105. The number of rotatable bonds is 13. The second kappa shape index (κ2) is 16.7. The lowest BCUT2D eigenvalue weighted by Crippen LogP contribution is -2.41. The van der Waals surface area contributed by atoms with Crippen LogP contribution in [-0.2, 0) is 11.3 Å². The number of furan rings is 1. The van der Waals surface area contributed by atoms with E-state index in [4.69, 9.17) is 9.15 Å². The third-order valence-electron chi connectivity index (χ3n) is 3.59. The predicted octanol–water partition coefficient (Wildman–Crippen LogP) is 3.09. The molecule has 2 N–H and O–H groups in total. The average Bonchev–Trinajstić information content (AvgIpc) is 3.10. The molecule has 25 heavy (non-hydrogen) atoms. The van der Waals surface area contributed by atoms with E-state index >= 15 is 0 Å². The van der Waals surface area contributed by atoms with Crippen molar-refractivity contribution >= 4 is 29.9 Å². The van der Waals surface area contributed by atoms with Gasteiger partial charge in [0.25, 0.3) is 0 Å². The van der Waals surface area contributed by atoms with Crippen molar-refractivity contribution in [2.24, 2.45) is 4.99 Å². The molecule has 7 heteroatoms. The van der Waals surface area contributed by atoms with Crippen LogP contribution < -0.4 is 10.6 Å². The largest absolute Gasteiger partial charge is 0.467 e. The van der Waals surface area contributed by atoms with Crippen LogP contribution in [0.2, 0.25) is 0 Å². The zero-order valence-electron chi connectivity index (χ0n) is 15.9. The van der Waals surface area contributed by atoms with E-state index < -0.39 is 0 Å². The Morgan fingerprint density at radius 2 is 2.08 bits per heavy atom. The van der Waals surface area contributed by atoms with Crippen LogP contribution in [-0.4, -0.2) is 56.7 Å². The van der Waals surface area contributed by atoms with E-state index in [9.17, 15) is 0 Å². The summed E-state index contributed by atoms with van der Waals surface area (Å²) >= 11 is 0. The zero-order valence-corrected chi connectivity index (χ0v) is 18.3. The number of likely N-dealkylation sites (N-methyl/N-ethyl adjacent to an activating group) is 1. The minimum Gasteiger partial charge on any atom is -0.467 e. The Kier molecular flexibility index (Phi) is 16.1. The van der Waals surface area contributed by atoms with Gasteiger partial charge in [-0.15, -0.1) is 24.0 Å². The van der Waals surface area contributed by atoms with Gasteiger partial charge in [-0.1, -0.05) is 13.8 Å². The van der Waals surface area contributed by atoms with Gasteiger partial charge in [-0.25, -0.2) is 0 Å². The fraction of sp³-hybridized carbons (Fsp3) is 0.722. The highest BCUT2D eigenvalue weighted by atomic mass is 127. The van der Waals surface area contributed by atoms with E-state index in [1.807, 2.05) is 12.1 Å². The molecule has 0 amide bonds. The van der Waals surface area contributed by atoms with Crippen LogP contribution in [0, 0.1) is 0 Å². The lowest BCUT2D eigenvalue weighted by atomic mass is 10.4. The predicted molar refractivity (Wildman–Crippen MR) is 115 cm³/mol. The second-order valence-electron chi connectivity index (χ2n) is 5.61. The number of guanidine groups is 1. The molecule has 1 rings (SSSR count). The van der Waals surface area contributed by atoms with Gasteiger partial charge in [-0.3, -0.25) is 4.99 Å². The maximum atomic E-state index is 5.56. The molecule has 0 saturated carbocycles. The first-order valence-electron chi connectivity index (χ1n) is 9.14. The molecular weight excluding hydrogens is 431 g/mol. The molecule has 1 heterocycles. The summed E-state index contributed by atoms with van der Waals surface area (Å²) in [5, 5.41) is 6.68. The molecule has 0 spiro atoms. The molecule has 0 aromatic carbocycles. The monoisotopic (exact) mass is 466 g/mol. The maximum absolute atomic E-state index is 5.56. The summed E-state index contributed by atoms with van der Waals surface area (Å²) in [6.07, 6.45) is 3.76. The van der Waals surface area contributed by atoms with Gasteiger partial charge in [0.2, 0.25) is 0 Å². The standard InChI is InChI=1S/C18H34N4O2.HI/c1-4-12-22(6-3)13-11-21-18(19-5-2)20-10-8-14-23-16-17-9-7-15-24-17;/h7,9,15H,4-6,8,10-14,16H2,1-3H3,(H2,19,20,21);1H. The summed E-state index contributed by atoms with van der Waals surface area (Å²) in [5.74, 6) is 1.75. The highest BCUT2D eigenvalue weighted by Crippen LogP contribution is 2.01. The van der Waals surface area contributed by atoms with Crippen LogP contribution in [0.3, 0.4) is 0 Å². The fourth-order valence-corrected chi connectivity index (χ4v) is 2.34. The van der Waals surface area contributed by atoms with E-state index in [1.165, 1.54) is 6.42 Å². The summed E-state index contributed by atoms with van der Waals surface area (Å²) in [6, 6.07) is 3.79. The van der Waals surface area contributed by atoms with Gasteiger partial charge in [0.05, 0.1) is 6.26 Å². The van der Waals surface area contributed by atoms with E-state index in [-0.39, 0.29) is 24.0 Å². The molecule has 1 aromatic heterocycles. The highest BCUT2D eigenvalue weighted by Gasteiger charge is 2.02. The minimum absolute atomic E-state index is 0. The van der Waals surface area contributed by atoms with Crippen molar-refractivity contribution < 1.29 is 9.15 Å². The van der Waals surface area contributed by atoms with Crippen molar-refractivity contribution in [3.8, 4) is 0 Å². The summed E-state index contributed by atoms with van der Waals surface area (Å²) < 4.78 is 10.8. The third-order valence-corrected chi connectivity index (χ3v) is 3.59. The molecule has 1 aromatic rings. The number of nitrogens with zero attached hydrogens (tertiary/aromatic N) is 2. The van der Waals surface area contributed by atoms with Gasteiger partial charge in [0.15, 0.2) is 5.96 Å². The quantitative estimate of drug-likeness (QED) is 0.203. The Labute approximate surface area is 169 Å². The summed E-state index contributed by atoms with van der Waals surface area (Å²) in [6.45, 7) is 13.5. The van der Waals surface area contributed by atoms with Crippen LogP contribution in [0.15, 0.2) is 27.8 Å². The SMILES string of the molecule is CCCN(CC)CCNC(=NCCCOCc1ccco1)NCC.I. The number of halogens is 1. The molecule has 0 fully saturated rings. The number of aliphatic imine (C=N–C) groups is 1. The van der Waals surface area contributed by atoms with Crippen LogP contribution in [0.25, 0.3) is 0 Å². The maximum Gasteiger partial charge on any atom is 0.191 e. The van der Waals surface area contributed by atoms with E-state index in [1.54, 1.807) is 6.26 Å². The van der Waals surface area contributed by atoms with Crippen molar-refractivity contribution in [3.63, 3.8) is 0 Å². The summed E-state index contributed by atoms with van der Waals surface area (Å²) in [4.78, 5) is 7.03. The van der Waals surface area contributed by atoms with E-state index in [0.29, 0.717) is 13.2 Å². The molecule has 0 radical (unpaired) electrons. The molecule has 0 aliphatic rings. The van der Waals surface area contributed by atoms with Gasteiger partial charge in [-0.2, -0.15) is 0 Å². The first kappa shape index (κ1) is 24.2. The molecule has 146 valence electrons. The topological polar surface area (TPSA) is 62.0 Å². The van der Waals surface area contributed by atoms with Crippen molar-refractivity contribution in [2.75, 3.05) is 45.9 Å².